The van der Waals surface area contributed by atoms with Gasteiger partial charge in [-0.25, -0.2) is 4.68 Å². The fraction of sp³-hybridized carbons (Fsp3) is 0.143. The lowest BCUT2D eigenvalue weighted by Gasteiger charge is -2.09. The number of rotatable bonds is 6. The maximum atomic E-state index is 12.6. The molecule has 0 saturated heterocycles. The highest BCUT2D eigenvalue weighted by Crippen LogP contribution is 2.25. The normalized spacial score (nSPS) is 11.6. The van der Waals surface area contributed by atoms with Gasteiger partial charge in [0.05, 0.1) is 23.3 Å². The van der Waals surface area contributed by atoms with Gasteiger partial charge in [0.1, 0.15) is 5.75 Å². The molecule has 13 heteroatoms. The summed E-state index contributed by atoms with van der Waals surface area (Å²) >= 11 is 0. The molecule has 0 aliphatic heterocycles. The maximum absolute atomic E-state index is 12.6. The molecule has 0 atom stereocenters. The minimum absolute atomic E-state index is 0.0121. The third-order valence-corrected chi connectivity index (χ3v) is 4.52. The summed E-state index contributed by atoms with van der Waals surface area (Å²) in [7, 11) is 0. The van der Waals surface area contributed by atoms with Crippen molar-refractivity contribution in [3.8, 4) is 22.8 Å². The third-order valence-electron chi connectivity index (χ3n) is 4.52. The molecule has 1 N–H and O–H groups in total. The lowest BCUT2D eigenvalue weighted by molar-refractivity contribution is -0.274. The summed E-state index contributed by atoms with van der Waals surface area (Å²) in [6.45, 7) is 1.66. The molecule has 2 aromatic heterocycles. The predicted molar refractivity (Wildman–Crippen MR) is 108 cm³/mol. The molecular formula is C21H14F5N5O3. The van der Waals surface area contributed by atoms with Crippen molar-refractivity contribution >= 4 is 11.6 Å². The van der Waals surface area contributed by atoms with E-state index >= 15 is 0 Å². The van der Waals surface area contributed by atoms with Crippen LogP contribution in [0.15, 0.2) is 59.3 Å². The zero-order valence-corrected chi connectivity index (χ0v) is 17.2. The van der Waals surface area contributed by atoms with Crippen molar-refractivity contribution in [2.45, 2.75) is 19.7 Å². The van der Waals surface area contributed by atoms with E-state index in [1.54, 1.807) is 37.4 Å². The Balaban J connectivity index is 1.46. The molecule has 2 heterocycles. The first-order valence-corrected chi connectivity index (χ1v) is 9.55. The van der Waals surface area contributed by atoms with E-state index in [-0.39, 0.29) is 11.4 Å². The van der Waals surface area contributed by atoms with Crippen LogP contribution in [-0.2, 0) is 0 Å². The predicted octanol–water partition coefficient (Wildman–Crippen LogP) is 5.32. The van der Waals surface area contributed by atoms with Crippen LogP contribution >= 0.6 is 0 Å². The summed E-state index contributed by atoms with van der Waals surface area (Å²) in [6.07, 6.45) is -6.15. The largest absolute Gasteiger partial charge is 0.573 e. The summed E-state index contributed by atoms with van der Waals surface area (Å²) in [4.78, 5) is 16.1. The van der Waals surface area contributed by atoms with Crippen molar-refractivity contribution < 1.29 is 36.0 Å². The highest BCUT2D eigenvalue weighted by atomic mass is 19.4. The number of halogens is 5. The Morgan fingerprint density at radius 3 is 2.35 bits per heavy atom. The smallest absolute Gasteiger partial charge is 0.406 e. The average molecular weight is 479 g/mol. The Morgan fingerprint density at radius 2 is 1.76 bits per heavy atom. The minimum atomic E-state index is -4.83. The first-order valence-electron chi connectivity index (χ1n) is 9.55. The molecule has 0 radical (unpaired) electrons. The number of carbonyl (C=O) groups excluding carboxylic acids is 1. The molecule has 0 fully saturated rings. The highest BCUT2D eigenvalue weighted by Gasteiger charge is 2.31. The number of hydrogen-bond donors (Lipinski definition) is 1. The lowest BCUT2D eigenvalue weighted by Crippen LogP contribution is -2.17. The number of anilines is 1. The van der Waals surface area contributed by atoms with Gasteiger partial charge in [-0.3, -0.25) is 4.79 Å². The van der Waals surface area contributed by atoms with Gasteiger partial charge in [0.2, 0.25) is 5.82 Å². The molecule has 34 heavy (non-hydrogen) atoms. The molecule has 0 spiro atoms. The molecule has 0 saturated carbocycles. The van der Waals surface area contributed by atoms with Crippen molar-refractivity contribution in [3.05, 3.63) is 71.9 Å². The van der Waals surface area contributed by atoms with Crippen molar-refractivity contribution in [2.75, 3.05) is 5.32 Å². The summed E-state index contributed by atoms with van der Waals surface area (Å²) < 4.78 is 71.8. The number of aryl methyl sites for hydroxylation is 1. The van der Waals surface area contributed by atoms with Crippen LogP contribution in [-0.4, -0.2) is 32.2 Å². The van der Waals surface area contributed by atoms with Crippen molar-refractivity contribution in [2.24, 2.45) is 0 Å². The molecule has 0 aliphatic carbocycles. The van der Waals surface area contributed by atoms with E-state index < -0.39 is 30.3 Å². The van der Waals surface area contributed by atoms with E-state index in [4.69, 9.17) is 0 Å². The van der Waals surface area contributed by atoms with E-state index in [1.165, 1.54) is 16.8 Å². The molecule has 0 unspecified atom stereocenters. The third kappa shape index (κ3) is 5.19. The number of alkyl halides is 5. The van der Waals surface area contributed by atoms with Gasteiger partial charge >= 0.3 is 12.8 Å². The van der Waals surface area contributed by atoms with E-state index in [0.29, 0.717) is 22.6 Å². The fourth-order valence-corrected chi connectivity index (χ4v) is 2.92. The van der Waals surface area contributed by atoms with Gasteiger partial charge in [0, 0.05) is 11.1 Å². The molecule has 2 aromatic carbocycles. The SMILES string of the molecule is Cc1nn(-c2ccc(-c3noc(C(F)F)n3)cc2)cc1NC(=O)c1ccc(OC(F)(F)F)cc1. The van der Waals surface area contributed by atoms with E-state index in [2.05, 4.69) is 29.8 Å². The number of hydrogen-bond acceptors (Lipinski definition) is 6. The standard InChI is InChI=1S/C21H14F5N5O3/c1-11-16(27-19(32)13-4-8-15(9-5-13)33-21(24,25)26)10-31(29-11)14-6-2-12(3-7-14)18-28-20(17(22)23)34-30-18/h2-10,17H,1H3,(H,27,32). The van der Waals surface area contributed by atoms with Crippen molar-refractivity contribution in [1.29, 1.82) is 0 Å². The van der Waals surface area contributed by atoms with Crippen LogP contribution in [0.3, 0.4) is 0 Å². The van der Waals surface area contributed by atoms with Crippen LogP contribution < -0.4 is 10.1 Å². The average Bonchev–Trinajstić information content (AvgIpc) is 3.41. The molecule has 176 valence electrons. The van der Waals surface area contributed by atoms with Gasteiger partial charge in [-0.05, 0) is 55.5 Å². The van der Waals surface area contributed by atoms with Crippen LogP contribution in [0.25, 0.3) is 17.1 Å². The number of ether oxygens (including phenoxy) is 1. The van der Waals surface area contributed by atoms with Gasteiger partial charge in [-0.2, -0.15) is 18.9 Å². The molecule has 0 bridgehead atoms. The lowest BCUT2D eigenvalue weighted by atomic mass is 10.2. The monoisotopic (exact) mass is 479 g/mol. The topological polar surface area (TPSA) is 95.1 Å². The zero-order chi connectivity index (χ0) is 24.5. The number of nitrogens with zero attached hydrogens (tertiary/aromatic N) is 4. The second kappa shape index (κ2) is 8.92. The summed E-state index contributed by atoms with van der Waals surface area (Å²) in [5.41, 5.74) is 2.03. The Morgan fingerprint density at radius 1 is 1.09 bits per heavy atom. The molecular weight excluding hydrogens is 465 g/mol. The Kier molecular flexibility index (Phi) is 6.01. The molecule has 4 rings (SSSR count). The van der Waals surface area contributed by atoms with Crippen LogP contribution in [0, 0.1) is 6.92 Å². The second-order valence-electron chi connectivity index (χ2n) is 6.90. The first-order chi connectivity index (χ1) is 16.1. The quantitative estimate of drug-likeness (QED) is 0.376. The van der Waals surface area contributed by atoms with E-state index in [9.17, 15) is 26.7 Å². The molecule has 0 aliphatic rings. The van der Waals surface area contributed by atoms with Crippen LogP contribution in [0.1, 0.15) is 28.4 Å². The van der Waals surface area contributed by atoms with Gasteiger partial charge in [-0.15, -0.1) is 13.2 Å². The maximum Gasteiger partial charge on any atom is 0.573 e. The second-order valence-corrected chi connectivity index (χ2v) is 6.90. The Bertz CT molecular complexity index is 1300. The van der Waals surface area contributed by atoms with Gasteiger partial charge in [-0.1, -0.05) is 5.16 Å². The van der Waals surface area contributed by atoms with E-state index in [0.717, 1.165) is 12.1 Å². The van der Waals surface area contributed by atoms with Crippen LogP contribution in [0.2, 0.25) is 0 Å². The molecule has 4 aromatic rings. The number of aromatic nitrogens is 4. The van der Waals surface area contributed by atoms with Gasteiger partial charge < -0.3 is 14.6 Å². The van der Waals surface area contributed by atoms with Crippen molar-refractivity contribution in [3.63, 3.8) is 0 Å². The van der Waals surface area contributed by atoms with Gasteiger partial charge in [0.25, 0.3) is 11.8 Å². The summed E-state index contributed by atoms with van der Waals surface area (Å²) in [6, 6.07) is 10.9. The van der Waals surface area contributed by atoms with Crippen molar-refractivity contribution in [1.82, 2.24) is 19.9 Å². The number of amides is 1. The van der Waals surface area contributed by atoms with E-state index in [1.807, 2.05) is 0 Å². The summed E-state index contributed by atoms with van der Waals surface area (Å²) in [5, 5.41) is 10.5. The fourth-order valence-electron chi connectivity index (χ4n) is 2.92. The zero-order valence-electron chi connectivity index (χ0n) is 17.2. The Labute approximate surface area is 188 Å². The number of carbonyl (C=O) groups is 1. The molecule has 1 amide bonds. The number of nitrogens with one attached hydrogen (secondary N) is 1. The highest BCUT2D eigenvalue weighted by molar-refractivity contribution is 6.04. The van der Waals surface area contributed by atoms with Gasteiger partial charge in [0.15, 0.2) is 0 Å². The summed E-state index contributed by atoms with van der Waals surface area (Å²) in [5.74, 6) is -1.76. The molecule has 8 nitrogen and oxygen atoms in total. The first kappa shape index (κ1) is 22.9. The number of benzene rings is 2. The van der Waals surface area contributed by atoms with Crippen LogP contribution in [0.4, 0.5) is 27.6 Å². The minimum Gasteiger partial charge on any atom is -0.406 e. The Hall–Kier alpha value is -4.29. The van der Waals surface area contributed by atoms with Crippen LogP contribution in [0.5, 0.6) is 5.75 Å².